The third kappa shape index (κ3) is 3.06. The predicted octanol–water partition coefficient (Wildman–Crippen LogP) is 1.65. The minimum atomic E-state index is -0.929. The van der Waals surface area contributed by atoms with Crippen LogP contribution in [-0.4, -0.2) is 39.7 Å². The van der Waals surface area contributed by atoms with E-state index in [0.29, 0.717) is 30.6 Å². The van der Waals surface area contributed by atoms with E-state index in [1.54, 1.807) is 13.2 Å². The first-order chi connectivity index (χ1) is 11.5. The maximum absolute atomic E-state index is 14.3. The zero-order valence-electron chi connectivity index (χ0n) is 13.0. The highest BCUT2D eigenvalue weighted by atomic mass is 19.1. The zero-order chi connectivity index (χ0) is 17.3. The Hall–Kier alpha value is -2.95. The van der Waals surface area contributed by atoms with Gasteiger partial charge in [-0.2, -0.15) is 10.4 Å². The molecular formula is C16H15F2N5O. The van der Waals surface area contributed by atoms with Crippen molar-refractivity contribution in [1.29, 1.82) is 5.26 Å². The number of aromatic nitrogens is 2. The van der Waals surface area contributed by atoms with Gasteiger partial charge in [-0.1, -0.05) is 0 Å². The SMILES string of the molecule is Cn1cc(-c2cc(F)c(C(=O)N[C@@H]3CCN(C#N)C3)c(F)c2)cn1. The fourth-order valence-corrected chi connectivity index (χ4v) is 2.75. The quantitative estimate of drug-likeness (QED) is 0.868. The van der Waals surface area contributed by atoms with Gasteiger partial charge < -0.3 is 10.2 Å². The van der Waals surface area contributed by atoms with Gasteiger partial charge in [0.25, 0.3) is 5.91 Å². The number of nitriles is 1. The number of carbonyl (C=O) groups excluding carboxylic acids is 1. The Bertz CT molecular complexity index is 803. The van der Waals surface area contributed by atoms with Gasteiger partial charge in [-0.25, -0.2) is 8.78 Å². The molecule has 124 valence electrons. The molecule has 0 saturated carbocycles. The smallest absolute Gasteiger partial charge is 0.257 e. The van der Waals surface area contributed by atoms with E-state index in [9.17, 15) is 13.6 Å². The highest BCUT2D eigenvalue weighted by Gasteiger charge is 2.26. The molecule has 1 aliphatic rings. The summed E-state index contributed by atoms with van der Waals surface area (Å²) < 4.78 is 30.1. The molecule has 1 N–H and O–H groups in total. The van der Waals surface area contributed by atoms with Crippen LogP contribution in [0.1, 0.15) is 16.8 Å². The Kier molecular flexibility index (Phi) is 4.16. The lowest BCUT2D eigenvalue weighted by Crippen LogP contribution is -2.37. The highest BCUT2D eigenvalue weighted by Crippen LogP contribution is 2.24. The lowest BCUT2D eigenvalue weighted by molar-refractivity contribution is 0.0930. The first-order valence-corrected chi connectivity index (χ1v) is 7.41. The Morgan fingerprint density at radius 1 is 1.38 bits per heavy atom. The van der Waals surface area contributed by atoms with Crippen molar-refractivity contribution in [2.75, 3.05) is 13.1 Å². The summed E-state index contributed by atoms with van der Waals surface area (Å²) in [4.78, 5) is 13.7. The molecule has 0 bridgehead atoms. The van der Waals surface area contributed by atoms with E-state index in [4.69, 9.17) is 5.26 Å². The van der Waals surface area contributed by atoms with Crippen LogP contribution in [0.25, 0.3) is 11.1 Å². The van der Waals surface area contributed by atoms with E-state index < -0.39 is 23.1 Å². The van der Waals surface area contributed by atoms with Crippen molar-refractivity contribution in [3.63, 3.8) is 0 Å². The molecule has 8 heteroatoms. The van der Waals surface area contributed by atoms with Crippen LogP contribution in [0.15, 0.2) is 24.5 Å². The van der Waals surface area contributed by atoms with Crippen LogP contribution in [0.2, 0.25) is 0 Å². The Morgan fingerprint density at radius 3 is 2.62 bits per heavy atom. The second kappa shape index (κ2) is 6.28. The number of nitrogens with zero attached hydrogens (tertiary/aromatic N) is 4. The number of hydrogen-bond donors (Lipinski definition) is 1. The molecular weight excluding hydrogens is 316 g/mol. The molecule has 6 nitrogen and oxygen atoms in total. The molecule has 1 aromatic carbocycles. The molecule has 0 radical (unpaired) electrons. The van der Waals surface area contributed by atoms with Crippen molar-refractivity contribution in [2.45, 2.75) is 12.5 Å². The predicted molar refractivity (Wildman–Crippen MR) is 81.6 cm³/mol. The van der Waals surface area contributed by atoms with E-state index >= 15 is 0 Å². The molecule has 0 aliphatic carbocycles. The number of benzene rings is 1. The zero-order valence-corrected chi connectivity index (χ0v) is 13.0. The fourth-order valence-electron chi connectivity index (χ4n) is 2.75. The van der Waals surface area contributed by atoms with E-state index in [0.717, 1.165) is 12.1 Å². The summed E-state index contributed by atoms with van der Waals surface area (Å²) in [5.41, 5.74) is 0.256. The first-order valence-electron chi connectivity index (χ1n) is 7.41. The van der Waals surface area contributed by atoms with Gasteiger partial charge in [0.1, 0.15) is 17.2 Å². The number of hydrogen-bond acceptors (Lipinski definition) is 4. The standard InChI is InChI=1S/C16H15F2N5O/c1-22-7-11(6-20-22)10-4-13(17)15(14(18)5-10)16(24)21-12-2-3-23(8-12)9-19/h4-7,12H,2-3,8H2,1H3,(H,21,24)/t12-/m1/s1. The molecule has 24 heavy (non-hydrogen) atoms. The average molecular weight is 331 g/mol. The van der Waals surface area contributed by atoms with Crippen molar-refractivity contribution in [2.24, 2.45) is 7.05 Å². The number of amides is 1. The van der Waals surface area contributed by atoms with E-state index in [1.807, 2.05) is 6.19 Å². The van der Waals surface area contributed by atoms with E-state index in [2.05, 4.69) is 10.4 Å². The van der Waals surface area contributed by atoms with Gasteiger partial charge in [-0.15, -0.1) is 0 Å². The Morgan fingerprint density at radius 2 is 2.08 bits per heavy atom. The van der Waals surface area contributed by atoms with Crippen LogP contribution in [0.4, 0.5) is 8.78 Å². The van der Waals surface area contributed by atoms with Crippen LogP contribution in [-0.2, 0) is 7.05 Å². The summed E-state index contributed by atoms with van der Waals surface area (Å²) in [6.45, 7) is 0.867. The van der Waals surface area contributed by atoms with Gasteiger partial charge in [-0.05, 0) is 24.1 Å². The Balaban J connectivity index is 1.81. The largest absolute Gasteiger partial charge is 0.347 e. The average Bonchev–Trinajstić information content (AvgIpc) is 3.15. The molecule has 1 amide bonds. The molecule has 1 aromatic heterocycles. The van der Waals surface area contributed by atoms with Gasteiger partial charge in [0, 0.05) is 37.9 Å². The lowest BCUT2D eigenvalue weighted by atomic mass is 10.0. The minimum absolute atomic E-state index is 0.297. The number of likely N-dealkylation sites (tertiary alicyclic amines) is 1. The van der Waals surface area contributed by atoms with Crippen LogP contribution in [0.3, 0.4) is 0 Å². The number of rotatable bonds is 3. The number of nitrogens with one attached hydrogen (secondary N) is 1. The van der Waals surface area contributed by atoms with Gasteiger partial charge in [0.15, 0.2) is 6.19 Å². The first kappa shape index (κ1) is 15.9. The van der Waals surface area contributed by atoms with Gasteiger partial charge in [0.05, 0.1) is 6.20 Å². The number of halogens is 2. The highest BCUT2D eigenvalue weighted by molar-refractivity contribution is 5.95. The summed E-state index contributed by atoms with van der Waals surface area (Å²) in [5.74, 6) is -2.67. The fraction of sp³-hybridized carbons (Fsp3) is 0.312. The summed E-state index contributed by atoms with van der Waals surface area (Å²) in [7, 11) is 1.70. The maximum Gasteiger partial charge on any atom is 0.257 e. The maximum atomic E-state index is 14.3. The van der Waals surface area contributed by atoms with Crippen molar-refractivity contribution in [3.8, 4) is 17.3 Å². The molecule has 3 rings (SSSR count). The monoisotopic (exact) mass is 331 g/mol. The lowest BCUT2D eigenvalue weighted by Gasteiger charge is -2.13. The van der Waals surface area contributed by atoms with Crippen LogP contribution in [0.5, 0.6) is 0 Å². The van der Waals surface area contributed by atoms with Gasteiger partial charge in [0.2, 0.25) is 0 Å². The minimum Gasteiger partial charge on any atom is -0.347 e. The molecule has 2 aromatic rings. The summed E-state index contributed by atoms with van der Waals surface area (Å²) >= 11 is 0. The molecule has 1 atom stereocenters. The number of carbonyl (C=O) groups is 1. The van der Waals surface area contributed by atoms with Crippen LogP contribution >= 0.6 is 0 Å². The van der Waals surface area contributed by atoms with Crippen molar-refractivity contribution < 1.29 is 13.6 Å². The van der Waals surface area contributed by atoms with Crippen LogP contribution < -0.4 is 5.32 Å². The summed E-state index contributed by atoms with van der Waals surface area (Å²) in [6.07, 6.45) is 5.67. The van der Waals surface area contributed by atoms with Gasteiger partial charge in [-0.3, -0.25) is 9.48 Å². The molecule has 0 spiro atoms. The topological polar surface area (TPSA) is 74.0 Å². The second-order valence-corrected chi connectivity index (χ2v) is 5.72. The molecule has 1 saturated heterocycles. The van der Waals surface area contributed by atoms with Crippen LogP contribution in [0, 0.1) is 23.1 Å². The molecule has 2 heterocycles. The normalized spacial score (nSPS) is 16.9. The molecule has 1 aliphatic heterocycles. The molecule has 0 unspecified atom stereocenters. The summed E-state index contributed by atoms with van der Waals surface area (Å²) in [6, 6.07) is 1.94. The van der Waals surface area contributed by atoms with Crippen molar-refractivity contribution >= 4 is 5.91 Å². The second-order valence-electron chi connectivity index (χ2n) is 5.72. The Labute approximate surface area is 137 Å². The molecule has 1 fully saturated rings. The number of aryl methyl sites for hydroxylation is 1. The van der Waals surface area contributed by atoms with E-state index in [1.165, 1.54) is 15.8 Å². The van der Waals surface area contributed by atoms with Gasteiger partial charge >= 0.3 is 0 Å². The summed E-state index contributed by atoms with van der Waals surface area (Å²) in [5, 5.41) is 15.3. The van der Waals surface area contributed by atoms with Crippen molar-refractivity contribution in [3.05, 3.63) is 41.7 Å². The third-order valence-corrected chi connectivity index (χ3v) is 3.97. The third-order valence-electron chi connectivity index (χ3n) is 3.97. The van der Waals surface area contributed by atoms with E-state index in [-0.39, 0.29) is 6.04 Å². The van der Waals surface area contributed by atoms with Crippen molar-refractivity contribution in [1.82, 2.24) is 20.0 Å².